The molecule has 0 bridgehead atoms. The first-order valence-electron chi connectivity index (χ1n) is 4.37. The third-order valence-electron chi connectivity index (χ3n) is 2.00. The number of carboxylic acids is 1. The summed E-state index contributed by atoms with van der Waals surface area (Å²) in [6, 6.07) is 0. The lowest BCUT2D eigenvalue weighted by molar-refractivity contribution is -0.136. The molecule has 0 spiro atoms. The van der Waals surface area contributed by atoms with Crippen molar-refractivity contribution in [2.75, 3.05) is 18.5 Å². The molecule has 0 unspecified atom stereocenters. The second-order valence-electron chi connectivity index (χ2n) is 3.20. The standard InChI is InChI=1S/C9H14N2O2S/c1-6-7(2)14-9(10-6)11(3)5-4-8(12)13/h4-5H2,1-3H3,(H,12,13). The lowest BCUT2D eigenvalue weighted by atomic mass is 10.4. The lowest BCUT2D eigenvalue weighted by Gasteiger charge is -2.13. The van der Waals surface area contributed by atoms with E-state index in [9.17, 15) is 4.79 Å². The normalized spacial score (nSPS) is 10.2. The minimum absolute atomic E-state index is 0.147. The Morgan fingerprint density at radius 1 is 1.57 bits per heavy atom. The van der Waals surface area contributed by atoms with E-state index in [2.05, 4.69) is 4.98 Å². The summed E-state index contributed by atoms with van der Waals surface area (Å²) in [5, 5.41) is 9.42. The van der Waals surface area contributed by atoms with E-state index in [0.29, 0.717) is 6.54 Å². The van der Waals surface area contributed by atoms with Crippen molar-refractivity contribution in [3.8, 4) is 0 Å². The van der Waals surface area contributed by atoms with E-state index in [0.717, 1.165) is 10.8 Å². The van der Waals surface area contributed by atoms with E-state index in [1.165, 1.54) is 4.88 Å². The fraction of sp³-hybridized carbons (Fsp3) is 0.556. The van der Waals surface area contributed by atoms with E-state index in [1.807, 2.05) is 25.8 Å². The van der Waals surface area contributed by atoms with Gasteiger partial charge in [0.25, 0.3) is 0 Å². The molecule has 1 rings (SSSR count). The van der Waals surface area contributed by atoms with Crippen LogP contribution in [0.1, 0.15) is 17.0 Å². The number of hydrogen-bond acceptors (Lipinski definition) is 4. The van der Waals surface area contributed by atoms with Gasteiger partial charge >= 0.3 is 5.97 Å². The number of aromatic nitrogens is 1. The molecule has 1 heterocycles. The molecule has 0 aliphatic heterocycles. The van der Waals surface area contributed by atoms with Crippen molar-refractivity contribution in [1.29, 1.82) is 0 Å². The van der Waals surface area contributed by atoms with Gasteiger partial charge in [-0.15, -0.1) is 11.3 Å². The zero-order valence-corrected chi connectivity index (χ0v) is 9.39. The van der Waals surface area contributed by atoms with Crippen LogP contribution in [0.3, 0.4) is 0 Å². The molecule has 1 aromatic rings. The van der Waals surface area contributed by atoms with Crippen molar-refractivity contribution >= 4 is 22.4 Å². The van der Waals surface area contributed by atoms with Crippen molar-refractivity contribution in [2.24, 2.45) is 0 Å². The van der Waals surface area contributed by atoms with Crippen LogP contribution in [0.4, 0.5) is 5.13 Å². The number of rotatable bonds is 4. The summed E-state index contributed by atoms with van der Waals surface area (Å²) >= 11 is 1.60. The highest BCUT2D eigenvalue weighted by atomic mass is 32.1. The fourth-order valence-electron chi connectivity index (χ4n) is 0.978. The predicted octanol–water partition coefficient (Wildman–Crippen LogP) is 1.67. The number of aliphatic carboxylic acids is 1. The number of carboxylic acid groups (broad SMARTS) is 1. The van der Waals surface area contributed by atoms with Crippen LogP contribution in [0.5, 0.6) is 0 Å². The smallest absolute Gasteiger partial charge is 0.305 e. The van der Waals surface area contributed by atoms with Crippen LogP contribution in [-0.2, 0) is 4.79 Å². The largest absolute Gasteiger partial charge is 0.481 e. The maximum Gasteiger partial charge on any atom is 0.305 e. The SMILES string of the molecule is Cc1nc(N(C)CCC(=O)O)sc1C. The van der Waals surface area contributed by atoms with Crippen molar-refractivity contribution in [1.82, 2.24) is 4.98 Å². The van der Waals surface area contributed by atoms with Gasteiger partial charge in [0, 0.05) is 18.5 Å². The number of hydrogen-bond donors (Lipinski definition) is 1. The first-order chi connectivity index (χ1) is 6.50. The van der Waals surface area contributed by atoms with Gasteiger partial charge in [0.1, 0.15) is 0 Å². The Morgan fingerprint density at radius 2 is 2.21 bits per heavy atom. The molecule has 0 amide bonds. The molecule has 0 fully saturated rings. The van der Waals surface area contributed by atoms with Crippen LogP contribution >= 0.6 is 11.3 Å². The summed E-state index contributed by atoms with van der Waals surface area (Å²) in [6.07, 6.45) is 0.147. The summed E-state index contributed by atoms with van der Waals surface area (Å²) in [5.41, 5.74) is 1.02. The number of nitrogens with zero attached hydrogens (tertiary/aromatic N) is 2. The molecule has 0 aliphatic rings. The van der Waals surface area contributed by atoms with E-state index in [1.54, 1.807) is 11.3 Å². The molecule has 0 saturated heterocycles. The third kappa shape index (κ3) is 2.70. The Bertz CT molecular complexity index is 316. The van der Waals surface area contributed by atoms with Crippen LogP contribution in [0.15, 0.2) is 0 Å². The zero-order valence-electron chi connectivity index (χ0n) is 8.57. The zero-order chi connectivity index (χ0) is 10.7. The Kier molecular flexibility index (Phi) is 3.46. The Hall–Kier alpha value is -1.10. The average molecular weight is 214 g/mol. The highest BCUT2D eigenvalue weighted by molar-refractivity contribution is 7.15. The lowest BCUT2D eigenvalue weighted by Crippen LogP contribution is -2.20. The molecule has 1 aromatic heterocycles. The molecule has 1 N–H and O–H groups in total. The van der Waals surface area contributed by atoms with Gasteiger partial charge in [-0.25, -0.2) is 4.98 Å². The molecule has 0 aliphatic carbocycles. The maximum absolute atomic E-state index is 10.4. The van der Waals surface area contributed by atoms with E-state index < -0.39 is 5.97 Å². The van der Waals surface area contributed by atoms with Gasteiger partial charge in [-0.05, 0) is 13.8 Å². The van der Waals surface area contributed by atoms with E-state index in [4.69, 9.17) is 5.11 Å². The molecule has 0 radical (unpaired) electrons. The van der Waals surface area contributed by atoms with Crippen molar-refractivity contribution in [2.45, 2.75) is 20.3 Å². The molecule has 5 heteroatoms. The van der Waals surface area contributed by atoms with Crippen LogP contribution in [-0.4, -0.2) is 29.7 Å². The van der Waals surface area contributed by atoms with Crippen LogP contribution in [0.25, 0.3) is 0 Å². The Balaban J connectivity index is 2.60. The minimum Gasteiger partial charge on any atom is -0.481 e. The number of anilines is 1. The second kappa shape index (κ2) is 4.41. The van der Waals surface area contributed by atoms with E-state index in [-0.39, 0.29) is 6.42 Å². The van der Waals surface area contributed by atoms with Crippen LogP contribution in [0, 0.1) is 13.8 Å². The van der Waals surface area contributed by atoms with Gasteiger partial charge in [-0.2, -0.15) is 0 Å². The van der Waals surface area contributed by atoms with Crippen molar-refractivity contribution in [3.63, 3.8) is 0 Å². The number of aryl methyl sites for hydroxylation is 2. The first kappa shape index (κ1) is 11.0. The predicted molar refractivity (Wildman–Crippen MR) is 57.1 cm³/mol. The van der Waals surface area contributed by atoms with Gasteiger partial charge in [0.2, 0.25) is 0 Å². The number of thiazole rings is 1. The summed E-state index contributed by atoms with van der Waals surface area (Å²) in [5.74, 6) is -0.776. The highest BCUT2D eigenvalue weighted by Gasteiger charge is 2.09. The molecule has 0 aromatic carbocycles. The van der Waals surface area contributed by atoms with Crippen molar-refractivity contribution in [3.05, 3.63) is 10.6 Å². The van der Waals surface area contributed by atoms with Gasteiger partial charge in [0.15, 0.2) is 5.13 Å². The maximum atomic E-state index is 10.4. The topological polar surface area (TPSA) is 53.4 Å². The molecule has 0 saturated carbocycles. The van der Waals surface area contributed by atoms with Crippen molar-refractivity contribution < 1.29 is 9.90 Å². The highest BCUT2D eigenvalue weighted by Crippen LogP contribution is 2.23. The van der Waals surface area contributed by atoms with E-state index >= 15 is 0 Å². The first-order valence-corrected chi connectivity index (χ1v) is 5.19. The van der Waals surface area contributed by atoms with Crippen LogP contribution < -0.4 is 4.90 Å². The second-order valence-corrected chi connectivity index (χ2v) is 4.38. The minimum atomic E-state index is -0.776. The molecule has 14 heavy (non-hydrogen) atoms. The summed E-state index contributed by atoms with van der Waals surface area (Å²) in [4.78, 5) is 17.8. The summed E-state index contributed by atoms with van der Waals surface area (Å²) in [7, 11) is 1.86. The molecule has 4 nitrogen and oxygen atoms in total. The summed E-state index contributed by atoms with van der Waals surface area (Å²) in [6.45, 7) is 4.48. The monoisotopic (exact) mass is 214 g/mol. The summed E-state index contributed by atoms with van der Waals surface area (Å²) < 4.78 is 0. The third-order valence-corrected chi connectivity index (χ3v) is 3.19. The molecule has 78 valence electrons. The quantitative estimate of drug-likeness (QED) is 0.828. The Labute approximate surface area is 87.2 Å². The number of carbonyl (C=O) groups is 1. The van der Waals surface area contributed by atoms with Gasteiger partial charge < -0.3 is 10.0 Å². The molecule has 0 atom stereocenters. The fourth-order valence-corrected chi connectivity index (χ4v) is 1.87. The van der Waals surface area contributed by atoms with Gasteiger partial charge in [-0.3, -0.25) is 4.79 Å². The average Bonchev–Trinajstić information content (AvgIpc) is 2.43. The van der Waals surface area contributed by atoms with Gasteiger partial charge in [0.05, 0.1) is 12.1 Å². The van der Waals surface area contributed by atoms with Crippen LogP contribution in [0.2, 0.25) is 0 Å². The van der Waals surface area contributed by atoms with Gasteiger partial charge in [-0.1, -0.05) is 0 Å². The Morgan fingerprint density at radius 3 is 2.64 bits per heavy atom. The molecular formula is C9H14N2O2S. The molecular weight excluding hydrogens is 200 g/mol.